The quantitative estimate of drug-likeness (QED) is 0.855. The van der Waals surface area contributed by atoms with Gasteiger partial charge >= 0.3 is 0 Å². The van der Waals surface area contributed by atoms with Crippen LogP contribution in [0.25, 0.3) is 0 Å². The summed E-state index contributed by atoms with van der Waals surface area (Å²) < 4.78 is 28.1. The maximum Gasteiger partial charge on any atom is 0.264 e. The number of nitrogens with one attached hydrogen (secondary N) is 1. The van der Waals surface area contributed by atoms with E-state index in [1.54, 1.807) is 12.1 Å². The minimum atomic E-state index is -3.73. The number of amides is 1. The second-order valence-electron chi connectivity index (χ2n) is 7.39. The molecule has 0 unspecified atom stereocenters. The molecular formula is C21H26N2O3S. The Morgan fingerprint density at radius 2 is 1.93 bits per heavy atom. The highest BCUT2D eigenvalue weighted by atomic mass is 32.2. The summed E-state index contributed by atoms with van der Waals surface area (Å²) in [5.74, 6) is 0.0864. The third-order valence-corrected chi connectivity index (χ3v) is 6.59. The Labute approximate surface area is 161 Å². The van der Waals surface area contributed by atoms with Crippen LogP contribution in [0.5, 0.6) is 0 Å². The van der Waals surface area contributed by atoms with Crippen molar-refractivity contribution in [1.82, 2.24) is 5.32 Å². The lowest BCUT2D eigenvalue weighted by atomic mass is 10.0. The zero-order valence-corrected chi connectivity index (χ0v) is 16.8. The van der Waals surface area contributed by atoms with Gasteiger partial charge in [-0.3, -0.25) is 9.10 Å². The number of carbonyl (C=O) groups excluding carboxylic acids is 1. The summed E-state index contributed by atoms with van der Waals surface area (Å²) >= 11 is 0. The molecule has 1 heterocycles. The van der Waals surface area contributed by atoms with Gasteiger partial charge in [0.1, 0.15) is 0 Å². The van der Waals surface area contributed by atoms with Gasteiger partial charge in [0.15, 0.2) is 0 Å². The zero-order chi connectivity index (χ0) is 19.6. The summed E-state index contributed by atoms with van der Waals surface area (Å²) in [7, 11) is -3.73. The van der Waals surface area contributed by atoms with E-state index in [4.69, 9.17) is 0 Å². The molecule has 0 radical (unpaired) electrons. The van der Waals surface area contributed by atoms with Crippen LogP contribution in [0.15, 0.2) is 47.4 Å². The number of fused-ring (bicyclic) bond motifs is 1. The summed E-state index contributed by atoms with van der Waals surface area (Å²) in [6.07, 6.45) is 1.66. The second-order valence-corrected chi connectivity index (χ2v) is 9.25. The molecule has 0 aromatic heterocycles. The van der Waals surface area contributed by atoms with Crippen LogP contribution in [0.1, 0.15) is 41.8 Å². The topological polar surface area (TPSA) is 66.5 Å². The number of hydrogen-bond acceptors (Lipinski definition) is 3. The number of nitrogens with zero attached hydrogens (tertiary/aromatic N) is 1. The first-order valence-electron chi connectivity index (χ1n) is 9.30. The fraction of sp³-hybridized carbons (Fsp3) is 0.381. The van der Waals surface area contributed by atoms with Crippen molar-refractivity contribution in [3.8, 4) is 0 Å². The van der Waals surface area contributed by atoms with E-state index < -0.39 is 10.0 Å². The SMILES string of the molecule is Cc1ccc(S(=O)(=O)N2CCCc3ccccc32)cc1C(=O)NCC(C)C. The molecule has 1 aliphatic rings. The molecular weight excluding hydrogens is 360 g/mol. The molecule has 0 fully saturated rings. The van der Waals surface area contributed by atoms with Crippen molar-refractivity contribution in [2.45, 2.75) is 38.5 Å². The Kier molecular flexibility index (Phi) is 5.56. The van der Waals surface area contributed by atoms with E-state index in [2.05, 4.69) is 5.32 Å². The first kappa shape index (κ1) is 19.4. The van der Waals surface area contributed by atoms with Crippen LogP contribution in [0, 0.1) is 12.8 Å². The highest BCUT2D eigenvalue weighted by molar-refractivity contribution is 7.92. The number of rotatable bonds is 5. The number of aryl methyl sites for hydroxylation is 2. The van der Waals surface area contributed by atoms with E-state index in [-0.39, 0.29) is 10.8 Å². The van der Waals surface area contributed by atoms with Crippen molar-refractivity contribution in [3.05, 3.63) is 59.2 Å². The van der Waals surface area contributed by atoms with E-state index in [0.29, 0.717) is 24.6 Å². The van der Waals surface area contributed by atoms with Gasteiger partial charge in [0.2, 0.25) is 0 Å². The first-order valence-corrected chi connectivity index (χ1v) is 10.7. The summed E-state index contributed by atoms with van der Waals surface area (Å²) in [6, 6.07) is 12.4. The average molecular weight is 387 g/mol. The van der Waals surface area contributed by atoms with Gasteiger partial charge in [0.25, 0.3) is 15.9 Å². The van der Waals surface area contributed by atoms with Gasteiger partial charge in [-0.05, 0) is 55.0 Å². The lowest BCUT2D eigenvalue weighted by Gasteiger charge is -2.30. The second kappa shape index (κ2) is 7.72. The Hall–Kier alpha value is -2.34. The number of hydrogen-bond donors (Lipinski definition) is 1. The lowest BCUT2D eigenvalue weighted by Crippen LogP contribution is -2.35. The maximum absolute atomic E-state index is 13.3. The van der Waals surface area contributed by atoms with Crippen molar-refractivity contribution in [2.24, 2.45) is 5.92 Å². The third-order valence-electron chi connectivity index (χ3n) is 4.78. The third kappa shape index (κ3) is 4.00. The highest BCUT2D eigenvalue weighted by Crippen LogP contribution is 2.32. The molecule has 0 aliphatic carbocycles. The van der Waals surface area contributed by atoms with Gasteiger partial charge in [-0.2, -0.15) is 0 Å². The fourth-order valence-corrected chi connectivity index (χ4v) is 4.84. The van der Waals surface area contributed by atoms with Crippen LogP contribution in [-0.4, -0.2) is 27.4 Å². The molecule has 0 saturated carbocycles. The Balaban J connectivity index is 1.97. The average Bonchev–Trinajstić information content (AvgIpc) is 2.65. The summed E-state index contributed by atoms with van der Waals surface area (Å²) in [5, 5.41) is 2.87. The monoisotopic (exact) mass is 386 g/mol. The molecule has 1 N–H and O–H groups in total. The highest BCUT2D eigenvalue weighted by Gasteiger charge is 2.29. The molecule has 2 aromatic carbocycles. The summed E-state index contributed by atoms with van der Waals surface area (Å²) in [4.78, 5) is 12.7. The van der Waals surface area contributed by atoms with Gasteiger partial charge in [-0.15, -0.1) is 0 Å². The summed E-state index contributed by atoms with van der Waals surface area (Å²) in [6.45, 7) is 6.84. The molecule has 2 aromatic rings. The molecule has 0 atom stereocenters. The van der Waals surface area contributed by atoms with Crippen LogP contribution in [0.3, 0.4) is 0 Å². The van der Waals surface area contributed by atoms with Crippen LogP contribution >= 0.6 is 0 Å². The zero-order valence-electron chi connectivity index (χ0n) is 16.0. The molecule has 1 aliphatic heterocycles. The number of carbonyl (C=O) groups is 1. The van der Waals surface area contributed by atoms with Crippen molar-refractivity contribution in [1.29, 1.82) is 0 Å². The normalized spacial score (nSPS) is 14.1. The van der Waals surface area contributed by atoms with Gasteiger partial charge in [-0.1, -0.05) is 38.1 Å². The largest absolute Gasteiger partial charge is 0.352 e. The van der Waals surface area contributed by atoms with Crippen LogP contribution in [0.2, 0.25) is 0 Å². The molecule has 1 amide bonds. The standard InChI is InChI=1S/C21H26N2O3S/c1-15(2)14-22-21(24)19-13-18(11-10-16(19)3)27(25,26)23-12-6-8-17-7-4-5-9-20(17)23/h4-5,7,9-11,13,15H,6,8,12,14H2,1-3H3,(H,22,24). The van der Waals surface area contributed by atoms with Crippen molar-refractivity contribution < 1.29 is 13.2 Å². The first-order chi connectivity index (χ1) is 12.8. The fourth-order valence-electron chi connectivity index (χ4n) is 3.27. The van der Waals surface area contributed by atoms with Gasteiger partial charge < -0.3 is 5.32 Å². The number of anilines is 1. The minimum absolute atomic E-state index is 0.152. The Morgan fingerprint density at radius 1 is 1.19 bits per heavy atom. The smallest absolute Gasteiger partial charge is 0.264 e. The van der Waals surface area contributed by atoms with E-state index in [9.17, 15) is 13.2 Å². The molecule has 3 rings (SSSR count). The molecule has 0 spiro atoms. The van der Waals surface area contributed by atoms with Crippen molar-refractivity contribution in [2.75, 3.05) is 17.4 Å². The Bertz CT molecular complexity index is 952. The van der Waals surface area contributed by atoms with E-state index in [1.165, 1.54) is 10.4 Å². The number of sulfonamides is 1. The number of benzene rings is 2. The predicted molar refractivity (Wildman–Crippen MR) is 108 cm³/mol. The van der Waals surface area contributed by atoms with Gasteiger partial charge in [-0.25, -0.2) is 8.42 Å². The van der Waals surface area contributed by atoms with E-state index in [0.717, 1.165) is 29.7 Å². The predicted octanol–water partition coefficient (Wildman–Crippen LogP) is 3.52. The van der Waals surface area contributed by atoms with Crippen LogP contribution < -0.4 is 9.62 Å². The van der Waals surface area contributed by atoms with E-state index in [1.807, 2.05) is 45.0 Å². The van der Waals surface area contributed by atoms with Gasteiger partial charge in [0, 0.05) is 18.7 Å². The molecule has 0 bridgehead atoms. The van der Waals surface area contributed by atoms with Gasteiger partial charge in [0.05, 0.1) is 10.6 Å². The Morgan fingerprint density at radius 3 is 2.67 bits per heavy atom. The minimum Gasteiger partial charge on any atom is -0.352 e. The van der Waals surface area contributed by atoms with Crippen LogP contribution in [-0.2, 0) is 16.4 Å². The molecule has 144 valence electrons. The summed E-state index contributed by atoms with van der Waals surface area (Å²) in [5.41, 5.74) is 2.93. The molecule has 6 heteroatoms. The maximum atomic E-state index is 13.3. The lowest BCUT2D eigenvalue weighted by molar-refractivity contribution is 0.0948. The van der Waals surface area contributed by atoms with Crippen molar-refractivity contribution in [3.63, 3.8) is 0 Å². The van der Waals surface area contributed by atoms with E-state index >= 15 is 0 Å². The molecule has 27 heavy (non-hydrogen) atoms. The van der Waals surface area contributed by atoms with Crippen molar-refractivity contribution >= 4 is 21.6 Å². The van der Waals surface area contributed by atoms with Crippen LogP contribution in [0.4, 0.5) is 5.69 Å². The molecule has 5 nitrogen and oxygen atoms in total. The number of para-hydroxylation sites is 1. The molecule has 0 saturated heterocycles.